The van der Waals surface area contributed by atoms with Crippen LogP contribution in [0.3, 0.4) is 0 Å². The average molecular weight is 396 g/mol. The lowest BCUT2D eigenvalue weighted by Gasteiger charge is -2.21. The monoisotopic (exact) mass is 394 g/mol. The zero-order chi connectivity index (χ0) is 14.5. The normalized spacial score (nSPS) is 13.3. The summed E-state index contributed by atoms with van der Waals surface area (Å²) < 4.78 is 1.93. The topological polar surface area (TPSA) is 56.0 Å². The number of rotatable bonds is 4. The van der Waals surface area contributed by atoms with Crippen molar-refractivity contribution in [2.45, 2.75) is 12.1 Å². The van der Waals surface area contributed by atoms with E-state index in [0.717, 1.165) is 20.2 Å². The van der Waals surface area contributed by atoms with E-state index in [-0.39, 0.29) is 0 Å². The summed E-state index contributed by atoms with van der Waals surface area (Å²) in [4.78, 5) is 0. The average Bonchev–Trinajstić information content (AvgIpc) is 2.47. The molecule has 0 fully saturated rings. The molecule has 0 aliphatic heterocycles. The highest BCUT2D eigenvalue weighted by atomic mass is 79.9. The third kappa shape index (κ3) is 3.83. The molecule has 0 saturated heterocycles. The number of aliphatic hydroxyl groups is 1. The lowest BCUT2D eigenvalue weighted by molar-refractivity contribution is 0.207. The number of nitrogens with zero attached hydrogens (tertiary/aromatic N) is 1. The number of nitrogens with one attached hydrogen (secondary N) is 1. The van der Waals surface area contributed by atoms with Gasteiger partial charge in [-0.3, -0.25) is 0 Å². The maximum Gasteiger partial charge on any atom is 0.164 e. The summed E-state index contributed by atoms with van der Waals surface area (Å²) in [6, 6.07) is 16.5. The largest absolute Gasteiger partial charge is 0.376 e. The van der Waals surface area contributed by atoms with Gasteiger partial charge in [-0.1, -0.05) is 44.0 Å². The Morgan fingerprint density at radius 1 is 0.950 bits per heavy atom. The number of anilines is 1. The summed E-state index contributed by atoms with van der Waals surface area (Å²) in [5, 5.41) is 22.1. The highest BCUT2D eigenvalue weighted by molar-refractivity contribution is 9.10. The molecular formula is C15H12Br2N2O. The first kappa shape index (κ1) is 15.0. The molecule has 102 valence electrons. The highest BCUT2D eigenvalue weighted by Gasteiger charge is 2.20. The van der Waals surface area contributed by atoms with E-state index in [9.17, 15) is 5.11 Å². The lowest BCUT2D eigenvalue weighted by Crippen LogP contribution is -2.24. The Bertz CT molecular complexity index is 605. The minimum atomic E-state index is -1.13. The van der Waals surface area contributed by atoms with Crippen molar-refractivity contribution in [2.75, 3.05) is 5.32 Å². The highest BCUT2D eigenvalue weighted by Crippen LogP contribution is 2.25. The van der Waals surface area contributed by atoms with Crippen molar-refractivity contribution in [1.82, 2.24) is 0 Å². The van der Waals surface area contributed by atoms with Crippen molar-refractivity contribution >= 4 is 37.5 Å². The SMILES string of the molecule is N#C[C@@H](O)[C@@H](Nc1ccc(Br)cc1)c1ccc(Br)cc1. The van der Waals surface area contributed by atoms with Gasteiger partial charge in [0.2, 0.25) is 0 Å². The van der Waals surface area contributed by atoms with E-state index >= 15 is 0 Å². The molecular weight excluding hydrogens is 384 g/mol. The van der Waals surface area contributed by atoms with E-state index in [4.69, 9.17) is 5.26 Å². The predicted octanol–water partition coefficient (Wildman–Crippen LogP) is 4.25. The first-order chi connectivity index (χ1) is 9.60. The van der Waals surface area contributed by atoms with Crippen LogP contribution >= 0.6 is 31.9 Å². The molecule has 2 N–H and O–H groups in total. The second-order valence-corrected chi connectivity index (χ2v) is 6.09. The molecule has 0 bridgehead atoms. The fraction of sp³-hybridized carbons (Fsp3) is 0.133. The summed E-state index contributed by atoms with van der Waals surface area (Å²) in [6.07, 6.45) is -1.13. The maximum atomic E-state index is 9.91. The first-order valence-electron chi connectivity index (χ1n) is 5.95. The van der Waals surface area contributed by atoms with Crippen molar-refractivity contribution in [3.63, 3.8) is 0 Å². The van der Waals surface area contributed by atoms with E-state index in [1.165, 1.54) is 0 Å². The third-order valence-corrected chi connectivity index (χ3v) is 3.90. The van der Waals surface area contributed by atoms with Crippen molar-refractivity contribution in [1.29, 1.82) is 5.26 Å². The van der Waals surface area contributed by atoms with Gasteiger partial charge in [-0.15, -0.1) is 0 Å². The van der Waals surface area contributed by atoms with Crippen molar-refractivity contribution in [3.8, 4) is 6.07 Å². The van der Waals surface area contributed by atoms with Gasteiger partial charge in [0, 0.05) is 14.6 Å². The van der Waals surface area contributed by atoms with E-state index in [1.54, 1.807) is 0 Å². The van der Waals surface area contributed by atoms with E-state index < -0.39 is 12.1 Å². The Hall–Kier alpha value is -1.35. The number of hydrogen-bond donors (Lipinski definition) is 2. The van der Waals surface area contributed by atoms with Gasteiger partial charge in [0.25, 0.3) is 0 Å². The van der Waals surface area contributed by atoms with Crippen LogP contribution in [0.4, 0.5) is 5.69 Å². The molecule has 0 aromatic heterocycles. The molecule has 0 aliphatic rings. The van der Waals surface area contributed by atoms with Crippen LogP contribution in [0.2, 0.25) is 0 Å². The molecule has 5 heteroatoms. The fourth-order valence-corrected chi connectivity index (χ4v) is 2.34. The molecule has 0 heterocycles. The molecule has 0 unspecified atom stereocenters. The van der Waals surface area contributed by atoms with Crippen LogP contribution in [0.5, 0.6) is 0 Å². The quantitative estimate of drug-likeness (QED) is 0.761. The molecule has 2 aromatic carbocycles. The van der Waals surface area contributed by atoms with Crippen LogP contribution in [0.15, 0.2) is 57.5 Å². The van der Waals surface area contributed by atoms with Crippen LogP contribution in [-0.4, -0.2) is 11.2 Å². The minimum Gasteiger partial charge on any atom is -0.376 e. The van der Waals surface area contributed by atoms with E-state index in [0.29, 0.717) is 0 Å². The number of nitriles is 1. The summed E-state index contributed by atoms with van der Waals surface area (Å²) in [7, 11) is 0. The van der Waals surface area contributed by atoms with Gasteiger partial charge in [-0.2, -0.15) is 5.26 Å². The molecule has 0 saturated carbocycles. The predicted molar refractivity (Wildman–Crippen MR) is 86.3 cm³/mol. The standard InChI is InChI=1S/C15H12Br2N2O/c16-11-3-1-10(2-4-11)15(14(20)9-18)19-13-7-5-12(17)6-8-13/h1-8,14-15,19-20H/t14-,15+/m1/s1. The summed E-state index contributed by atoms with van der Waals surface area (Å²) in [5.74, 6) is 0. The molecule has 2 aromatic rings. The molecule has 2 rings (SSSR count). The van der Waals surface area contributed by atoms with Gasteiger partial charge in [0.15, 0.2) is 6.10 Å². The first-order valence-corrected chi connectivity index (χ1v) is 7.54. The Morgan fingerprint density at radius 2 is 1.45 bits per heavy atom. The third-order valence-electron chi connectivity index (χ3n) is 2.84. The van der Waals surface area contributed by atoms with Crippen LogP contribution < -0.4 is 5.32 Å². The second kappa shape index (κ2) is 6.89. The van der Waals surface area contributed by atoms with Gasteiger partial charge in [-0.25, -0.2) is 0 Å². The molecule has 3 nitrogen and oxygen atoms in total. The minimum absolute atomic E-state index is 0.478. The van der Waals surface area contributed by atoms with Crippen molar-refractivity contribution in [2.24, 2.45) is 0 Å². The van der Waals surface area contributed by atoms with Crippen LogP contribution in [0, 0.1) is 11.3 Å². The molecule has 0 radical (unpaired) electrons. The molecule has 0 amide bonds. The zero-order valence-electron chi connectivity index (χ0n) is 10.4. The summed E-state index contributed by atoms with van der Waals surface area (Å²) in [5.41, 5.74) is 1.69. The van der Waals surface area contributed by atoms with Gasteiger partial charge >= 0.3 is 0 Å². The molecule has 0 aliphatic carbocycles. The molecule has 20 heavy (non-hydrogen) atoms. The van der Waals surface area contributed by atoms with Crippen LogP contribution in [0.25, 0.3) is 0 Å². The number of benzene rings is 2. The van der Waals surface area contributed by atoms with Crippen LogP contribution in [-0.2, 0) is 0 Å². The number of hydrogen-bond acceptors (Lipinski definition) is 3. The lowest BCUT2D eigenvalue weighted by atomic mass is 10.0. The van der Waals surface area contributed by atoms with E-state index in [2.05, 4.69) is 37.2 Å². The smallest absolute Gasteiger partial charge is 0.164 e. The molecule has 0 spiro atoms. The van der Waals surface area contributed by atoms with Gasteiger partial charge in [0.05, 0.1) is 12.1 Å². The van der Waals surface area contributed by atoms with Crippen molar-refractivity contribution < 1.29 is 5.11 Å². The second-order valence-electron chi connectivity index (χ2n) is 4.25. The maximum absolute atomic E-state index is 9.91. The Labute approximate surface area is 134 Å². The van der Waals surface area contributed by atoms with Gasteiger partial charge < -0.3 is 10.4 Å². The fourth-order valence-electron chi connectivity index (χ4n) is 1.81. The Balaban J connectivity index is 2.26. The summed E-state index contributed by atoms with van der Waals surface area (Å²) in [6.45, 7) is 0. The Morgan fingerprint density at radius 3 is 1.95 bits per heavy atom. The number of aliphatic hydroxyl groups excluding tert-OH is 1. The summed E-state index contributed by atoms with van der Waals surface area (Å²) >= 11 is 6.74. The zero-order valence-corrected chi connectivity index (χ0v) is 13.6. The van der Waals surface area contributed by atoms with Gasteiger partial charge in [-0.05, 0) is 42.0 Å². The van der Waals surface area contributed by atoms with E-state index in [1.807, 2.05) is 54.6 Å². The van der Waals surface area contributed by atoms with Gasteiger partial charge in [0.1, 0.15) is 0 Å². The van der Waals surface area contributed by atoms with Crippen LogP contribution in [0.1, 0.15) is 11.6 Å². The van der Waals surface area contributed by atoms with Crippen molar-refractivity contribution in [3.05, 3.63) is 63.0 Å². The molecule has 2 atom stereocenters. The number of halogens is 2. The Kier molecular flexibility index (Phi) is 5.18.